The lowest BCUT2D eigenvalue weighted by molar-refractivity contribution is 0.116. The second-order valence-corrected chi connectivity index (χ2v) is 6.63. The molecule has 1 N–H and O–H groups in total. The molecule has 0 aromatic heterocycles. The van der Waals surface area contributed by atoms with E-state index in [9.17, 15) is 5.11 Å². The maximum atomic E-state index is 9.87. The highest BCUT2D eigenvalue weighted by molar-refractivity contribution is 6.31. The van der Waals surface area contributed by atoms with Crippen molar-refractivity contribution in [1.82, 2.24) is 0 Å². The van der Waals surface area contributed by atoms with Gasteiger partial charge in [0, 0.05) is 22.4 Å². The van der Waals surface area contributed by atoms with E-state index in [1.54, 1.807) is 21.3 Å². The maximum absolute atomic E-state index is 9.87. The number of para-hydroxylation sites is 1. The Morgan fingerprint density at radius 2 is 1.68 bits per heavy atom. The number of rotatable bonds is 3. The van der Waals surface area contributed by atoms with Gasteiger partial charge in [0.15, 0.2) is 11.5 Å². The Kier molecular flexibility index (Phi) is 6.49. The molecule has 0 saturated carbocycles. The maximum Gasteiger partial charge on any atom is 0.203 e. The third-order valence-corrected chi connectivity index (χ3v) is 4.78. The van der Waals surface area contributed by atoms with E-state index >= 15 is 0 Å². The lowest BCUT2D eigenvalue weighted by Gasteiger charge is -2.23. The highest BCUT2D eigenvalue weighted by Gasteiger charge is 2.21. The topological polar surface area (TPSA) is 57.2 Å². The standard InChI is InChI=1S/C13H11ClO2.C9H12O3/c14-9-2-4-10-8(7-9)1-3-11-12(15)5-6-16-13(10)11;1-10-7-5-4-6-8(11-2)9(7)12-3/h1-4,7,12,15H,5-6H2;4-6H,1-3H3. The molecule has 1 aliphatic heterocycles. The van der Waals surface area contributed by atoms with Gasteiger partial charge in [-0.3, -0.25) is 0 Å². The molecule has 3 aromatic rings. The third kappa shape index (κ3) is 4.11. The number of aliphatic hydroxyl groups is 1. The predicted octanol–water partition coefficient (Wildman–Crippen LogP) is 5.02. The minimum absolute atomic E-state index is 0.413. The van der Waals surface area contributed by atoms with Gasteiger partial charge in [-0.15, -0.1) is 0 Å². The Labute approximate surface area is 169 Å². The summed E-state index contributed by atoms with van der Waals surface area (Å²) in [5.41, 5.74) is 0.876. The van der Waals surface area contributed by atoms with Crippen molar-refractivity contribution in [2.75, 3.05) is 27.9 Å². The van der Waals surface area contributed by atoms with Crippen molar-refractivity contribution in [2.45, 2.75) is 12.5 Å². The normalized spacial score (nSPS) is 15.0. The fourth-order valence-corrected chi connectivity index (χ4v) is 3.34. The Balaban J connectivity index is 0.000000169. The summed E-state index contributed by atoms with van der Waals surface area (Å²) in [6.45, 7) is 0.565. The monoisotopic (exact) mass is 402 g/mol. The molecule has 0 spiro atoms. The van der Waals surface area contributed by atoms with E-state index in [1.165, 1.54) is 0 Å². The molecule has 0 aliphatic carbocycles. The molecule has 148 valence electrons. The molecule has 0 bridgehead atoms. The molecule has 0 amide bonds. The van der Waals surface area contributed by atoms with Crippen LogP contribution in [0.25, 0.3) is 10.8 Å². The summed E-state index contributed by atoms with van der Waals surface area (Å²) >= 11 is 5.94. The van der Waals surface area contributed by atoms with Crippen molar-refractivity contribution in [3.8, 4) is 23.0 Å². The highest BCUT2D eigenvalue weighted by atomic mass is 35.5. The van der Waals surface area contributed by atoms with E-state index < -0.39 is 6.10 Å². The van der Waals surface area contributed by atoms with Gasteiger partial charge >= 0.3 is 0 Å². The molecule has 4 rings (SSSR count). The van der Waals surface area contributed by atoms with E-state index in [4.69, 9.17) is 30.5 Å². The molecular weight excluding hydrogens is 380 g/mol. The number of fused-ring (bicyclic) bond motifs is 3. The predicted molar refractivity (Wildman–Crippen MR) is 110 cm³/mol. The van der Waals surface area contributed by atoms with Crippen LogP contribution in [0.15, 0.2) is 48.5 Å². The molecule has 0 fully saturated rings. The summed E-state index contributed by atoms with van der Waals surface area (Å²) in [5, 5.41) is 12.6. The van der Waals surface area contributed by atoms with Gasteiger partial charge in [-0.05, 0) is 35.7 Å². The molecule has 28 heavy (non-hydrogen) atoms. The fraction of sp³-hybridized carbons (Fsp3) is 0.273. The van der Waals surface area contributed by atoms with Gasteiger partial charge < -0.3 is 24.1 Å². The first-order chi connectivity index (χ1) is 13.6. The van der Waals surface area contributed by atoms with E-state index in [0.29, 0.717) is 35.3 Å². The molecule has 0 radical (unpaired) electrons. The first-order valence-corrected chi connectivity index (χ1v) is 9.24. The fourth-order valence-electron chi connectivity index (χ4n) is 3.16. The van der Waals surface area contributed by atoms with Crippen LogP contribution in [0.1, 0.15) is 18.1 Å². The highest BCUT2D eigenvalue weighted by Crippen LogP contribution is 2.38. The quantitative estimate of drug-likeness (QED) is 0.666. The molecule has 6 heteroatoms. The van der Waals surface area contributed by atoms with Gasteiger partial charge in [-0.1, -0.05) is 29.8 Å². The number of methoxy groups -OCH3 is 3. The molecule has 1 unspecified atom stereocenters. The van der Waals surface area contributed by atoms with Crippen LogP contribution in [0.3, 0.4) is 0 Å². The second kappa shape index (κ2) is 9.04. The Hall–Kier alpha value is -2.63. The summed E-state index contributed by atoms with van der Waals surface area (Å²) in [5.74, 6) is 2.78. The third-order valence-electron chi connectivity index (χ3n) is 4.55. The van der Waals surface area contributed by atoms with E-state index in [0.717, 1.165) is 22.1 Å². The minimum Gasteiger partial charge on any atom is -0.493 e. The van der Waals surface area contributed by atoms with Gasteiger partial charge in [-0.25, -0.2) is 0 Å². The van der Waals surface area contributed by atoms with Gasteiger partial charge in [-0.2, -0.15) is 0 Å². The van der Waals surface area contributed by atoms with Crippen LogP contribution in [0, 0.1) is 0 Å². The molecule has 1 aliphatic rings. The zero-order chi connectivity index (χ0) is 20.1. The average molecular weight is 403 g/mol. The number of aliphatic hydroxyl groups excluding tert-OH is 1. The summed E-state index contributed by atoms with van der Waals surface area (Å²) in [7, 11) is 4.77. The van der Waals surface area contributed by atoms with Crippen molar-refractivity contribution in [3.05, 3.63) is 59.1 Å². The molecule has 1 heterocycles. The number of benzene rings is 3. The largest absolute Gasteiger partial charge is 0.493 e. The zero-order valence-corrected chi connectivity index (χ0v) is 16.8. The number of ether oxygens (including phenoxy) is 4. The minimum atomic E-state index is -0.413. The smallest absolute Gasteiger partial charge is 0.203 e. The molecule has 0 saturated heterocycles. The van der Waals surface area contributed by atoms with Gasteiger partial charge in [0.2, 0.25) is 5.75 Å². The summed E-state index contributed by atoms with van der Waals surface area (Å²) in [4.78, 5) is 0. The van der Waals surface area contributed by atoms with Crippen LogP contribution in [-0.2, 0) is 0 Å². The molecule has 3 aromatic carbocycles. The van der Waals surface area contributed by atoms with E-state index in [1.807, 2.05) is 48.5 Å². The summed E-state index contributed by atoms with van der Waals surface area (Å²) in [6.07, 6.45) is 0.246. The van der Waals surface area contributed by atoms with Crippen molar-refractivity contribution in [3.63, 3.8) is 0 Å². The van der Waals surface area contributed by atoms with Crippen LogP contribution in [-0.4, -0.2) is 33.0 Å². The van der Waals surface area contributed by atoms with Crippen LogP contribution in [0.2, 0.25) is 5.02 Å². The number of halogens is 1. The molecule has 5 nitrogen and oxygen atoms in total. The number of hydrogen-bond donors (Lipinski definition) is 1. The van der Waals surface area contributed by atoms with Crippen LogP contribution in [0.5, 0.6) is 23.0 Å². The van der Waals surface area contributed by atoms with Crippen LogP contribution < -0.4 is 18.9 Å². The molecular formula is C22H23ClO5. The average Bonchev–Trinajstić information content (AvgIpc) is 2.73. The molecule has 1 atom stereocenters. The van der Waals surface area contributed by atoms with E-state index in [-0.39, 0.29) is 0 Å². The van der Waals surface area contributed by atoms with Crippen molar-refractivity contribution in [1.29, 1.82) is 0 Å². The Bertz CT molecular complexity index is 935. The lowest BCUT2D eigenvalue weighted by atomic mass is 9.98. The van der Waals surface area contributed by atoms with Gasteiger partial charge in [0.25, 0.3) is 0 Å². The lowest BCUT2D eigenvalue weighted by Crippen LogP contribution is -2.13. The van der Waals surface area contributed by atoms with Gasteiger partial charge in [0.1, 0.15) is 5.75 Å². The SMILES string of the molecule is COc1cccc(OC)c1OC.OC1CCOc2c1ccc1cc(Cl)ccc21. The zero-order valence-electron chi connectivity index (χ0n) is 16.1. The van der Waals surface area contributed by atoms with Crippen LogP contribution in [0.4, 0.5) is 0 Å². The van der Waals surface area contributed by atoms with Crippen molar-refractivity contribution in [2.24, 2.45) is 0 Å². The summed E-state index contributed by atoms with van der Waals surface area (Å²) in [6, 6.07) is 15.1. The summed E-state index contributed by atoms with van der Waals surface area (Å²) < 4.78 is 20.9. The van der Waals surface area contributed by atoms with Crippen molar-refractivity contribution < 1.29 is 24.1 Å². The Morgan fingerprint density at radius 1 is 0.964 bits per heavy atom. The van der Waals surface area contributed by atoms with Gasteiger partial charge in [0.05, 0.1) is 34.0 Å². The van der Waals surface area contributed by atoms with Crippen LogP contribution >= 0.6 is 11.6 Å². The first kappa shape index (κ1) is 20.1. The van der Waals surface area contributed by atoms with E-state index in [2.05, 4.69) is 0 Å². The van der Waals surface area contributed by atoms with Crippen molar-refractivity contribution >= 4 is 22.4 Å². The first-order valence-electron chi connectivity index (χ1n) is 8.87. The Morgan fingerprint density at radius 3 is 2.32 bits per heavy atom. The second-order valence-electron chi connectivity index (χ2n) is 6.20. The number of hydrogen-bond acceptors (Lipinski definition) is 5.